The molecule has 15 heavy (non-hydrogen) atoms. The number of hydrogen-bond donors (Lipinski definition) is 1. The fourth-order valence-electron chi connectivity index (χ4n) is 1.28. The Bertz CT molecular complexity index is 319. The van der Waals surface area contributed by atoms with Crippen LogP contribution in [0.3, 0.4) is 0 Å². The Hall–Kier alpha value is -0.810. The second kappa shape index (κ2) is 3.64. The van der Waals surface area contributed by atoms with Crippen molar-refractivity contribution in [2.75, 3.05) is 0 Å². The summed E-state index contributed by atoms with van der Waals surface area (Å²) in [7, 11) is 0. The van der Waals surface area contributed by atoms with Gasteiger partial charge in [-0.25, -0.2) is 0 Å². The van der Waals surface area contributed by atoms with E-state index in [9.17, 15) is 13.2 Å². The number of nitrogens with two attached hydrogens (primary N) is 1. The van der Waals surface area contributed by atoms with Gasteiger partial charge in [-0.2, -0.15) is 13.2 Å². The van der Waals surface area contributed by atoms with Crippen LogP contribution in [-0.4, -0.2) is 4.98 Å². The van der Waals surface area contributed by atoms with Crippen molar-refractivity contribution in [3.05, 3.63) is 29.6 Å². The molecule has 2 N–H and O–H groups in total. The summed E-state index contributed by atoms with van der Waals surface area (Å²) in [5, 5.41) is 0. The van der Waals surface area contributed by atoms with Gasteiger partial charge in [0.2, 0.25) is 0 Å². The van der Waals surface area contributed by atoms with E-state index in [4.69, 9.17) is 5.73 Å². The number of nitrogens with zero attached hydrogens (tertiary/aromatic N) is 1. The van der Waals surface area contributed by atoms with Crippen molar-refractivity contribution in [2.45, 2.75) is 24.6 Å². The van der Waals surface area contributed by atoms with Crippen LogP contribution in [0.1, 0.15) is 24.1 Å². The molecule has 0 saturated heterocycles. The molecule has 1 heterocycles. The van der Waals surface area contributed by atoms with Crippen LogP contribution in [0, 0.1) is 0 Å². The third-order valence-corrected chi connectivity index (χ3v) is 2.42. The van der Waals surface area contributed by atoms with Gasteiger partial charge in [0.15, 0.2) is 0 Å². The number of halogens is 4. The lowest BCUT2D eigenvalue weighted by molar-refractivity contribution is -0.141. The van der Waals surface area contributed by atoms with E-state index in [0.29, 0.717) is 5.56 Å². The highest BCUT2D eigenvalue weighted by molar-refractivity contribution is 5.85. The van der Waals surface area contributed by atoms with Gasteiger partial charge >= 0.3 is 6.18 Å². The first-order chi connectivity index (χ1) is 6.42. The zero-order chi connectivity index (χ0) is 10.4. The van der Waals surface area contributed by atoms with Gasteiger partial charge < -0.3 is 5.73 Å². The Morgan fingerprint density at radius 3 is 2.20 bits per heavy atom. The van der Waals surface area contributed by atoms with Crippen molar-refractivity contribution in [1.82, 2.24) is 4.98 Å². The van der Waals surface area contributed by atoms with Crippen LogP contribution in [0.5, 0.6) is 0 Å². The molecule has 0 aliphatic heterocycles. The van der Waals surface area contributed by atoms with E-state index in [0.717, 1.165) is 18.9 Å². The maximum absolute atomic E-state index is 12.1. The van der Waals surface area contributed by atoms with Crippen molar-refractivity contribution in [3.8, 4) is 0 Å². The number of hydrogen-bond acceptors (Lipinski definition) is 2. The number of pyridine rings is 1. The van der Waals surface area contributed by atoms with Crippen molar-refractivity contribution >= 4 is 12.4 Å². The smallest absolute Gasteiger partial charge is 0.321 e. The SMILES string of the molecule is Cl.NC1(c2ccc(C(F)(F)F)nc2)CC1. The molecule has 0 bridgehead atoms. The predicted octanol–water partition coefficient (Wildman–Crippen LogP) is 2.47. The van der Waals surface area contributed by atoms with Gasteiger partial charge in [-0.15, -0.1) is 12.4 Å². The van der Waals surface area contributed by atoms with Crippen molar-refractivity contribution < 1.29 is 13.2 Å². The lowest BCUT2D eigenvalue weighted by Gasteiger charge is -2.10. The molecule has 0 spiro atoms. The minimum absolute atomic E-state index is 0. The van der Waals surface area contributed by atoms with E-state index in [1.807, 2.05) is 0 Å². The largest absolute Gasteiger partial charge is 0.433 e. The van der Waals surface area contributed by atoms with E-state index in [1.165, 1.54) is 12.3 Å². The predicted molar refractivity (Wildman–Crippen MR) is 51.6 cm³/mol. The monoisotopic (exact) mass is 238 g/mol. The molecular weight excluding hydrogens is 229 g/mol. The summed E-state index contributed by atoms with van der Waals surface area (Å²) in [5.41, 5.74) is 5.20. The van der Waals surface area contributed by atoms with Crippen LogP contribution >= 0.6 is 12.4 Å². The number of alkyl halides is 3. The Morgan fingerprint density at radius 1 is 1.27 bits per heavy atom. The lowest BCUT2D eigenvalue weighted by atomic mass is 10.1. The molecule has 1 fully saturated rings. The Labute approximate surface area is 91.1 Å². The molecule has 1 aromatic rings. The molecule has 2 rings (SSSR count). The van der Waals surface area contributed by atoms with E-state index in [1.54, 1.807) is 0 Å². The van der Waals surface area contributed by atoms with Gasteiger partial charge in [0.25, 0.3) is 0 Å². The molecule has 0 amide bonds. The summed E-state index contributed by atoms with van der Waals surface area (Å²) in [6.45, 7) is 0. The average molecular weight is 239 g/mol. The zero-order valence-electron chi connectivity index (χ0n) is 7.71. The molecule has 1 aliphatic carbocycles. The molecule has 0 radical (unpaired) electrons. The normalized spacial score (nSPS) is 18.1. The summed E-state index contributed by atoms with van der Waals surface area (Å²) in [6, 6.07) is 2.38. The second-order valence-corrected chi connectivity index (χ2v) is 3.59. The van der Waals surface area contributed by atoms with Gasteiger partial charge in [-0.3, -0.25) is 4.98 Å². The molecule has 84 valence electrons. The van der Waals surface area contributed by atoms with Crippen molar-refractivity contribution in [2.24, 2.45) is 5.73 Å². The third kappa shape index (κ3) is 2.41. The van der Waals surface area contributed by atoms with Gasteiger partial charge in [0.1, 0.15) is 5.69 Å². The number of rotatable bonds is 1. The Kier molecular flexibility index (Phi) is 2.98. The molecule has 0 unspecified atom stereocenters. The third-order valence-electron chi connectivity index (χ3n) is 2.42. The van der Waals surface area contributed by atoms with Crippen LogP contribution < -0.4 is 5.73 Å². The maximum Gasteiger partial charge on any atom is 0.433 e. The van der Waals surface area contributed by atoms with Crippen molar-refractivity contribution in [3.63, 3.8) is 0 Å². The number of aromatic nitrogens is 1. The summed E-state index contributed by atoms with van der Waals surface area (Å²) >= 11 is 0. The Balaban J connectivity index is 0.00000112. The highest BCUT2D eigenvalue weighted by atomic mass is 35.5. The van der Waals surface area contributed by atoms with Gasteiger partial charge in [-0.05, 0) is 24.5 Å². The van der Waals surface area contributed by atoms with Crippen LogP contribution in [0.15, 0.2) is 18.3 Å². The standard InChI is InChI=1S/C9H9F3N2.ClH/c10-9(11,12)7-2-1-6(5-14-7)8(13)3-4-8;/h1-2,5H,3-4,13H2;1H. The fraction of sp³-hybridized carbons (Fsp3) is 0.444. The van der Waals surface area contributed by atoms with E-state index < -0.39 is 17.4 Å². The summed E-state index contributed by atoms with van der Waals surface area (Å²) in [6.07, 6.45) is -1.51. The first-order valence-corrected chi connectivity index (χ1v) is 4.24. The molecule has 0 atom stereocenters. The molecule has 1 saturated carbocycles. The van der Waals surface area contributed by atoms with Crippen LogP contribution in [0.2, 0.25) is 0 Å². The topological polar surface area (TPSA) is 38.9 Å². The molecule has 1 aliphatic rings. The highest BCUT2D eigenvalue weighted by Crippen LogP contribution is 2.42. The maximum atomic E-state index is 12.1. The quantitative estimate of drug-likeness (QED) is 0.816. The summed E-state index contributed by atoms with van der Waals surface area (Å²) in [5.74, 6) is 0. The lowest BCUT2D eigenvalue weighted by Crippen LogP contribution is -2.19. The minimum atomic E-state index is -4.37. The van der Waals surface area contributed by atoms with E-state index >= 15 is 0 Å². The minimum Gasteiger partial charge on any atom is -0.321 e. The Morgan fingerprint density at radius 2 is 1.87 bits per heavy atom. The fourth-order valence-corrected chi connectivity index (χ4v) is 1.28. The highest BCUT2D eigenvalue weighted by Gasteiger charge is 2.41. The second-order valence-electron chi connectivity index (χ2n) is 3.59. The van der Waals surface area contributed by atoms with Crippen LogP contribution in [-0.2, 0) is 11.7 Å². The molecule has 6 heteroatoms. The first kappa shape index (κ1) is 12.3. The van der Waals surface area contributed by atoms with Gasteiger partial charge in [0, 0.05) is 11.7 Å². The zero-order valence-corrected chi connectivity index (χ0v) is 8.53. The average Bonchev–Trinajstić information content (AvgIpc) is 2.84. The summed E-state index contributed by atoms with van der Waals surface area (Å²) < 4.78 is 36.4. The summed E-state index contributed by atoms with van der Waals surface area (Å²) in [4.78, 5) is 3.35. The first-order valence-electron chi connectivity index (χ1n) is 4.24. The van der Waals surface area contributed by atoms with E-state index in [2.05, 4.69) is 4.98 Å². The molecule has 2 nitrogen and oxygen atoms in total. The molecule has 0 aromatic carbocycles. The van der Waals surface area contributed by atoms with Crippen LogP contribution in [0.25, 0.3) is 0 Å². The van der Waals surface area contributed by atoms with Crippen molar-refractivity contribution in [1.29, 1.82) is 0 Å². The molecular formula is C9H10ClF3N2. The molecule has 1 aromatic heterocycles. The van der Waals surface area contributed by atoms with Gasteiger partial charge in [0.05, 0.1) is 0 Å². The van der Waals surface area contributed by atoms with Gasteiger partial charge in [-0.1, -0.05) is 6.07 Å². The van der Waals surface area contributed by atoms with Crippen LogP contribution in [0.4, 0.5) is 13.2 Å². The van der Waals surface area contributed by atoms with E-state index in [-0.39, 0.29) is 12.4 Å².